The summed E-state index contributed by atoms with van der Waals surface area (Å²) in [7, 11) is 0. The standard InChI is InChI=1S/C12H15Cl2F/c1-3-4-11(13)8(2)10-6-5-9(15)7-12(10)14/h5-8,11H,3-4H2,1-2H3. The van der Waals surface area contributed by atoms with E-state index in [1.807, 2.05) is 6.92 Å². The second kappa shape index (κ2) is 5.72. The van der Waals surface area contributed by atoms with Crippen molar-refractivity contribution in [1.29, 1.82) is 0 Å². The minimum atomic E-state index is -0.308. The van der Waals surface area contributed by atoms with Crippen LogP contribution in [-0.4, -0.2) is 5.38 Å². The summed E-state index contributed by atoms with van der Waals surface area (Å²) in [6.45, 7) is 4.11. The summed E-state index contributed by atoms with van der Waals surface area (Å²) in [5, 5.41) is 0.516. The van der Waals surface area contributed by atoms with Crippen LogP contribution >= 0.6 is 23.2 Å². The molecule has 0 aliphatic carbocycles. The van der Waals surface area contributed by atoms with Crippen molar-refractivity contribution in [2.24, 2.45) is 0 Å². The molecular formula is C12H15Cl2F. The van der Waals surface area contributed by atoms with E-state index in [0.717, 1.165) is 18.4 Å². The lowest BCUT2D eigenvalue weighted by molar-refractivity contribution is 0.616. The topological polar surface area (TPSA) is 0 Å². The Kier molecular flexibility index (Phi) is 4.88. The van der Waals surface area contributed by atoms with Gasteiger partial charge >= 0.3 is 0 Å². The van der Waals surface area contributed by atoms with Gasteiger partial charge in [0.1, 0.15) is 5.82 Å². The van der Waals surface area contributed by atoms with Crippen LogP contribution in [0.15, 0.2) is 18.2 Å². The highest BCUT2D eigenvalue weighted by atomic mass is 35.5. The zero-order valence-electron chi connectivity index (χ0n) is 8.93. The molecular weight excluding hydrogens is 234 g/mol. The maximum absolute atomic E-state index is 12.8. The van der Waals surface area contributed by atoms with E-state index in [1.165, 1.54) is 12.1 Å². The van der Waals surface area contributed by atoms with E-state index in [1.54, 1.807) is 6.07 Å². The van der Waals surface area contributed by atoms with Gasteiger partial charge in [0, 0.05) is 10.4 Å². The summed E-state index contributed by atoms with van der Waals surface area (Å²) in [4.78, 5) is 0. The third-order valence-electron chi connectivity index (χ3n) is 2.56. The summed E-state index contributed by atoms with van der Waals surface area (Å²) in [6.07, 6.45) is 1.98. The molecule has 0 heterocycles. The molecule has 1 aromatic carbocycles. The van der Waals surface area contributed by atoms with Gasteiger partial charge in [0.05, 0.1) is 0 Å². The van der Waals surface area contributed by atoms with Crippen LogP contribution in [-0.2, 0) is 0 Å². The Morgan fingerprint density at radius 3 is 2.60 bits per heavy atom. The molecule has 0 bridgehead atoms. The van der Waals surface area contributed by atoms with Crippen molar-refractivity contribution in [2.75, 3.05) is 0 Å². The normalized spacial score (nSPS) is 15.0. The molecule has 0 nitrogen and oxygen atoms in total. The lowest BCUT2D eigenvalue weighted by atomic mass is 9.95. The molecule has 15 heavy (non-hydrogen) atoms. The number of benzene rings is 1. The van der Waals surface area contributed by atoms with Gasteiger partial charge in [-0.3, -0.25) is 0 Å². The fraction of sp³-hybridized carbons (Fsp3) is 0.500. The number of rotatable bonds is 4. The maximum atomic E-state index is 12.8. The minimum absolute atomic E-state index is 0.0537. The summed E-state index contributed by atoms with van der Waals surface area (Å²) in [6, 6.07) is 4.48. The Balaban J connectivity index is 2.86. The molecule has 1 rings (SSSR count). The highest BCUT2D eigenvalue weighted by molar-refractivity contribution is 6.31. The molecule has 0 aliphatic rings. The Hall–Kier alpha value is -0.270. The zero-order chi connectivity index (χ0) is 11.4. The average molecular weight is 249 g/mol. The first-order valence-corrected chi connectivity index (χ1v) is 5.96. The summed E-state index contributed by atoms with van der Waals surface area (Å²) >= 11 is 12.2. The lowest BCUT2D eigenvalue weighted by Crippen LogP contribution is -2.09. The molecule has 0 aromatic heterocycles. The summed E-state index contributed by atoms with van der Waals surface area (Å²) < 4.78 is 12.8. The number of alkyl halides is 1. The van der Waals surface area contributed by atoms with Crippen LogP contribution in [0.1, 0.15) is 38.2 Å². The third-order valence-corrected chi connectivity index (χ3v) is 3.48. The van der Waals surface area contributed by atoms with Crippen molar-refractivity contribution in [3.63, 3.8) is 0 Å². The van der Waals surface area contributed by atoms with Crippen molar-refractivity contribution in [3.8, 4) is 0 Å². The number of halogens is 3. The van der Waals surface area contributed by atoms with E-state index in [2.05, 4.69) is 6.92 Å². The molecule has 2 unspecified atom stereocenters. The van der Waals surface area contributed by atoms with E-state index >= 15 is 0 Å². The van der Waals surface area contributed by atoms with Crippen LogP contribution in [0.3, 0.4) is 0 Å². The second-order valence-electron chi connectivity index (χ2n) is 3.76. The van der Waals surface area contributed by atoms with Crippen molar-refractivity contribution >= 4 is 23.2 Å². The Bertz CT molecular complexity index is 325. The molecule has 0 radical (unpaired) electrons. The van der Waals surface area contributed by atoms with E-state index < -0.39 is 0 Å². The van der Waals surface area contributed by atoms with Crippen molar-refractivity contribution < 1.29 is 4.39 Å². The first-order valence-electron chi connectivity index (χ1n) is 5.15. The Labute approximate surface area is 100 Å². The molecule has 0 aliphatic heterocycles. The molecule has 0 fully saturated rings. The van der Waals surface area contributed by atoms with Gasteiger partial charge in [-0.05, 0) is 30.0 Å². The molecule has 0 amide bonds. The first-order chi connectivity index (χ1) is 7.06. The van der Waals surface area contributed by atoms with Gasteiger partial charge < -0.3 is 0 Å². The van der Waals surface area contributed by atoms with Gasteiger partial charge in [-0.1, -0.05) is 37.9 Å². The second-order valence-corrected chi connectivity index (χ2v) is 4.73. The molecule has 0 spiro atoms. The van der Waals surface area contributed by atoms with Gasteiger partial charge in [-0.15, -0.1) is 11.6 Å². The SMILES string of the molecule is CCCC(Cl)C(C)c1ccc(F)cc1Cl. The van der Waals surface area contributed by atoms with Crippen LogP contribution in [0.2, 0.25) is 5.02 Å². The smallest absolute Gasteiger partial charge is 0.124 e. The monoisotopic (exact) mass is 248 g/mol. The first kappa shape index (κ1) is 12.8. The van der Waals surface area contributed by atoms with Crippen LogP contribution in [0, 0.1) is 5.82 Å². The highest BCUT2D eigenvalue weighted by Gasteiger charge is 2.18. The van der Waals surface area contributed by atoms with Gasteiger partial charge in [0.25, 0.3) is 0 Å². The molecule has 2 atom stereocenters. The van der Waals surface area contributed by atoms with Crippen LogP contribution in [0.25, 0.3) is 0 Å². The molecule has 0 N–H and O–H groups in total. The maximum Gasteiger partial charge on any atom is 0.124 e. The van der Waals surface area contributed by atoms with Gasteiger partial charge in [-0.25, -0.2) is 4.39 Å². The van der Waals surface area contributed by atoms with Crippen LogP contribution in [0.5, 0.6) is 0 Å². The average Bonchev–Trinajstić information content (AvgIpc) is 2.17. The molecule has 84 valence electrons. The number of hydrogen-bond donors (Lipinski definition) is 0. The quantitative estimate of drug-likeness (QED) is 0.659. The van der Waals surface area contributed by atoms with E-state index in [0.29, 0.717) is 5.02 Å². The van der Waals surface area contributed by atoms with Crippen molar-refractivity contribution in [2.45, 2.75) is 38.0 Å². The Morgan fingerprint density at radius 1 is 1.40 bits per heavy atom. The zero-order valence-corrected chi connectivity index (χ0v) is 10.4. The van der Waals surface area contributed by atoms with Gasteiger partial charge in [-0.2, -0.15) is 0 Å². The number of hydrogen-bond acceptors (Lipinski definition) is 0. The fourth-order valence-electron chi connectivity index (χ4n) is 1.59. The predicted octanol–water partition coefficient (Wildman–Crippen LogP) is 4.99. The summed E-state index contributed by atoms with van der Waals surface area (Å²) in [5.74, 6) is -0.155. The minimum Gasteiger partial charge on any atom is -0.207 e. The largest absolute Gasteiger partial charge is 0.207 e. The molecule has 0 saturated carbocycles. The van der Waals surface area contributed by atoms with E-state index in [4.69, 9.17) is 23.2 Å². The van der Waals surface area contributed by atoms with Crippen LogP contribution in [0.4, 0.5) is 4.39 Å². The van der Waals surface area contributed by atoms with Gasteiger partial charge in [0.2, 0.25) is 0 Å². The van der Waals surface area contributed by atoms with Crippen LogP contribution < -0.4 is 0 Å². The molecule has 1 aromatic rings. The van der Waals surface area contributed by atoms with Gasteiger partial charge in [0.15, 0.2) is 0 Å². The third kappa shape index (κ3) is 3.35. The highest BCUT2D eigenvalue weighted by Crippen LogP contribution is 2.31. The summed E-state index contributed by atoms with van der Waals surface area (Å²) in [5.41, 5.74) is 0.923. The van der Waals surface area contributed by atoms with E-state index in [-0.39, 0.29) is 17.1 Å². The lowest BCUT2D eigenvalue weighted by Gasteiger charge is -2.18. The van der Waals surface area contributed by atoms with Crippen molar-refractivity contribution in [1.82, 2.24) is 0 Å². The Morgan fingerprint density at radius 2 is 2.07 bits per heavy atom. The predicted molar refractivity (Wildman–Crippen MR) is 64.4 cm³/mol. The molecule has 3 heteroatoms. The fourth-order valence-corrected chi connectivity index (χ4v) is 2.28. The molecule has 0 saturated heterocycles. The van der Waals surface area contributed by atoms with E-state index in [9.17, 15) is 4.39 Å². The van der Waals surface area contributed by atoms with Crippen molar-refractivity contribution in [3.05, 3.63) is 34.6 Å².